The van der Waals surface area contributed by atoms with Crippen molar-refractivity contribution in [2.75, 3.05) is 40.3 Å². The lowest BCUT2D eigenvalue weighted by atomic mass is 10.1. The second-order valence-electron chi connectivity index (χ2n) is 7.83. The Kier molecular flexibility index (Phi) is 6.41. The smallest absolute Gasteiger partial charge is 0.253 e. The number of likely N-dealkylation sites (N-methyl/N-ethyl adjacent to an activating group) is 1. The molecule has 3 rings (SSSR count). The van der Waals surface area contributed by atoms with Gasteiger partial charge in [0.05, 0.1) is 4.90 Å². The van der Waals surface area contributed by atoms with Gasteiger partial charge in [0.1, 0.15) is 0 Å². The van der Waals surface area contributed by atoms with Gasteiger partial charge in [-0.2, -0.15) is 4.31 Å². The molecular weight excluding hydrogens is 386 g/mol. The van der Waals surface area contributed by atoms with Crippen molar-refractivity contribution in [1.82, 2.24) is 14.1 Å². The van der Waals surface area contributed by atoms with Crippen LogP contribution in [-0.4, -0.2) is 68.7 Å². The van der Waals surface area contributed by atoms with Crippen molar-refractivity contribution < 1.29 is 13.2 Å². The van der Waals surface area contributed by atoms with Gasteiger partial charge in [0.2, 0.25) is 10.0 Å². The highest BCUT2D eigenvalue weighted by Gasteiger charge is 2.29. The van der Waals surface area contributed by atoms with Crippen LogP contribution in [-0.2, 0) is 16.6 Å². The van der Waals surface area contributed by atoms with E-state index in [0.717, 1.165) is 5.56 Å². The van der Waals surface area contributed by atoms with E-state index in [1.807, 2.05) is 38.2 Å². The molecule has 0 radical (unpaired) electrons. The van der Waals surface area contributed by atoms with Gasteiger partial charge in [-0.15, -0.1) is 0 Å². The second kappa shape index (κ2) is 8.65. The number of sulfonamides is 1. The van der Waals surface area contributed by atoms with E-state index < -0.39 is 10.0 Å². The molecule has 7 heteroatoms. The molecule has 1 fully saturated rings. The molecule has 6 nitrogen and oxygen atoms in total. The summed E-state index contributed by atoms with van der Waals surface area (Å²) in [7, 11) is 0.0918. The van der Waals surface area contributed by atoms with E-state index in [1.54, 1.807) is 31.0 Å². The van der Waals surface area contributed by atoms with Crippen molar-refractivity contribution in [3.05, 3.63) is 64.7 Å². The third-order valence-corrected chi connectivity index (χ3v) is 7.44. The summed E-state index contributed by atoms with van der Waals surface area (Å²) in [6, 6.07) is 13.0. The van der Waals surface area contributed by atoms with Crippen LogP contribution in [0.25, 0.3) is 0 Å². The first-order valence-corrected chi connectivity index (χ1v) is 11.2. The van der Waals surface area contributed by atoms with Crippen LogP contribution < -0.4 is 0 Å². The molecule has 0 aromatic heterocycles. The fourth-order valence-electron chi connectivity index (χ4n) is 3.44. The van der Waals surface area contributed by atoms with Crippen LogP contribution >= 0.6 is 0 Å². The second-order valence-corrected chi connectivity index (χ2v) is 9.74. The molecule has 1 saturated heterocycles. The normalized spacial score (nSPS) is 16.0. The van der Waals surface area contributed by atoms with Gasteiger partial charge in [0, 0.05) is 45.3 Å². The maximum Gasteiger partial charge on any atom is 0.253 e. The lowest BCUT2D eigenvalue weighted by molar-refractivity contribution is 0.0785. The highest BCUT2D eigenvalue weighted by Crippen LogP contribution is 2.23. The number of aryl methyl sites for hydroxylation is 2. The number of piperazine rings is 1. The van der Waals surface area contributed by atoms with Crippen molar-refractivity contribution in [2.24, 2.45) is 0 Å². The number of nitrogens with zero attached hydrogens (tertiary/aromatic N) is 3. The molecule has 156 valence electrons. The lowest BCUT2D eigenvalue weighted by Gasteiger charge is -2.32. The van der Waals surface area contributed by atoms with Gasteiger partial charge in [0.15, 0.2) is 0 Å². The number of rotatable bonds is 5. The van der Waals surface area contributed by atoms with Crippen LogP contribution in [0.5, 0.6) is 0 Å². The third-order valence-electron chi connectivity index (χ3n) is 5.40. The zero-order chi connectivity index (χ0) is 21.2. The summed E-state index contributed by atoms with van der Waals surface area (Å²) < 4.78 is 27.8. The Morgan fingerprint density at radius 1 is 1.00 bits per heavy atom. The molecule has 0 aliphatic carbocycles. The summed E-state index contributed by atoms with van der Waals surface area (Å²) in [6.45, 7) is 6.59. The molecule has 0 saturated carbocycles. The summed E-state index contributed by atoms with van der Waals surface area (Å²) in [5.74, 6) is -0.194. The number of carbonyl (C=O) groups is 1. The largest absolute Gasteiger partial charge is 0.337 e. The minimum absolute atomic E-state index is 0.194. The average molecular weight is 416 g/mol. The van der Waals surface area contributed by atoms with Crippen molar-refractivity contribution in [2.45, 2.75) is 25.3 Å². The molecule has 0 spiro atoms. The predicted octanol–water partition coefficient (Wildman–Crippen LogP) is 2.51. The first kappa shape index (κ1) is 21.5. The Morgan fingerprint density at radius 3 is 2.24 bits per heavy atom. The molecular formula is C22H29N3O3S. The zero-order valence-electron chi connectivity index (χ0n) is 17.6. The number of benzene rings is 2. The Hall–Kier alpha value is -2.22. The van der Waals surface area contributed by atoms with E-state index >= 15 is 0 Å². The van der Waals surface area contributed by atoms with Crippen LogP contribution in [0.3, 0.4) is 0 Å². The van der Waals surface area contributed by atoms with Gasteiger partial charge in [-0.25, -0.2) is 8.42 Å². The fraction of sp³-hybridized carbons (Fsp3) is 0.409. The first-order chi connectivity index (χ1) is 13.7. The molecule has 1 aliphatic rings. The quantitative estimate of drug-likeness (QED) is 0.753. The fourth-order valence-corrected chi connectivity index (χ4v) is 5.11. The molecule has 1 aliphatic heterocycles. The number of amides is 1. The van der Waals surface area contributed by atoms with E-state index in [4.69, 9.17) is 0 Å². The van der Waals surface area contributed by atoms with Crippen LogP contribution in [0.2, 0.25) is 0 Å². The van der Waals surface area contributed by atoms with Crippen LogP contribution in [0.1, 0.15) is 27.0 Å². The number of hydrogen-bond acceptors (Lipinski definition) is 4. The summed E-state index contributed by atoms with van der Waals surface area (Å²) >= 11 is 0. The van der Waals surface area contributed by atoms with Crippen molar-refractivity contribution in [3.63, 3.8) is 0 Å². The predicted molar refractivity (Wildman–Crippen MR) is 114 cm³/mol. The summed E-state index contributed by atoms with van der Waals surface area (Å²) in [4.78, 5) is 16.9. The van der Waals surface area contributed by atoms with Crippen LogP contribution in [0.4, 0.5) is 0 Å². The van der Waals surface area contributed by atoms with Crippen molar-refractivity contribution >= 4 is 15.9 Å². The Balaban J connectivity index is 1.82. The van der Waals surface area contributed by atoms with Crippen LogP contribution in [0, 0.1) is 13.8 Å². The van der Waals surface area contributed by atoms with Crippen LogP contribution in [0.15, 0.2) is 47.4 Å². The minimum atomic E-state index is -3.63. The van der Waals surface area contributed by atoms with Gasteiger partial charge in [-0.1, -0.05) is 35.9 Å². The molecule has 0 bridgehead atoms. The van der Waals surface area contributed by atoms with Gasteiger partial charge in [0.25, 0.3) is 5.91 Å². The molecule has 1 amide bonds. The van der Waals surface area contributed by atoms with Crippen molar-refractivity contribution in [3.8, 4) is 0 Å². The van der Waals surface area contributed by atoms with E-state index in [9.17, 15) is 13.2 Å². The number of carbonyl (C=O) groups excluding carboxylic acids is 1. The van der Waals surface area contributed by atoms with Gasteiger partial charge in [-0.05, 0) is 44.2 Å². The molecule has 2 aromatic rings. The first-order valence-electron chi connectivity index (χ1n) is 9.79. The molecule has 29 heavy (non-hydrogen) atoms. The summed E-state index contributed by atoms with van der Waals surface area (Å²) in [5.41, 5.74) is 3.24. The Bertz CT molecular complexity index is 979. The zero-order valence-corrected chi connectivity index (χ0v) is 18.4. The number of hydrogen-bond donors (Lipinski definition) is 0. The minimum Gasteiger partial charge on any atom is -0.337 e. The highest BCUT2D eigenvalue weighted by atomic mass is 32.2. The monoisotopic (exact) mass is 415 g/mol. The molecule has 2 aromatic carbocycles. The highest BCUT2D eigenvalue weighted by molar-refractivity contribution is 7.89. The Morgan fingerprint density at radius 2 is 1.62 bits per heavy atom. The summed E-state index contributed by atoms with van der Waals surface area (Å²) in [6.07, 6.45) is 0. The van der Waals surface area contributed by atoms with E-state index in [-0.39, 0.29) is 10.8 Å². The average Bonchev–Trinajstić information content (AvgIpc) is 2.69. The van der Waals surface area contributed by atoms with E-state index in [1.165, 1.54) is 15.9 Å². The van der Waals surface area contributed by atoms with E-state index in [0.29, 0.717) is 43.9 Å². The molecule has 1 heterocycles. The molecule has 0 atom stereocenters. The van der Waals surface area contributed by atoms with Gasteiger partial charge < -0.3 is 9.80 Å². The SMILES string of the molecule is Cc1ccc(CN(C)C(=O)c2ccc(C)c(S(=O)(=O)N3CCN(C)CC3)c2)cc1. The molecule has 0 N–H and O–H groups in total. The molecule has 0 unspecified atom stereocenters. The van der Waals surface area contributed by atoms with Gasteiger partial charge in [-0.3, -0.25) is 4.79 Å². The lowest BCUT2D eigenvalue weighted by Crippen LogP contribution is -2.47. The topological polar surface area (TPSA) is 60.9 Å². The maximum atomic E-state index is 13.2. The van der Waals surface area contributed by atoms with Gasteiger partial charge >= 0.3 is 0 Å². The Labute approximate surface area is 173 Å². The summed E-state index contributed by atoms with van der Waals surface area (Å²) in [5, 5.41) is 0. The maximum absolute atomic E-state index is 13.2. The van der Waals surface area contributed by atoms with E-state index in [2.05, 4.69) is 4.90 Å². The standard InChI is InChI=1S/C22H29N3O3S/c1-17-5-8-19(9-6-17)16-24(4)22(26)20-10-7-18(2)21(15-20)29(27,28)25-13-11-23(3)12-14-25/h5-10,15H,11-14,16H2,1-4H3. The van der Waals surface area contributed by atoms with Crippen molar-refractivity contribution in [1.29, 1.82) is 0 Å². The third kappa shape index (κ3) is 4.86.